The van der Waals surface area contributed by atoms with E-state index in [1.54, 1.807) is 11.3 Å². The lowest BCUT2D eigenvalue weighted by Crippen LogP contribution is -2.44. The van der Waals surface area contributed by atoms with Crippen LogP contribution in [0.3, 0.4) is 0 Å². The van der Waals surface area contributed by atoms with Gasteiger partial charge in [0.25, 0.3) is 0 Å². The fourth-order valence-corrected chi connectivity index (χ4v) is 1.91. The number of nitrogens with zero attached hydrogens (tertiary/aromatic N) is 3. The van der Waals surface area contributed by atoms with Gasteiger partial charge < -0.3 is 16.0 Å². The first-order valence-corrected chi connectivity index (χ1v) is 6.36. The lowest BCUT2D eigenvalue weighted by atomic mass is 10.1. The summed E-state index contributed by atoms with van der Waals surface area (Å²) in [6.45, 7) is 6.65. The molecule has 104 valence electrons. The minimum Gasteiger partial charge on any atom is -0.370 e. The van der Waals surface area contributed by atoms with Gasteiger partial charge in [-0.2, -0.15) is 0 Å². The summed E-state index contributed by atoms with van der Waals surface area (Å²) in [5.74, 6) is 0.455. The molecule has 0 aromatic carbocycles. The minimum atomic E-state index is -0.0650. The number of nitrogens with two attached hydrogens (primary N) is 1. The van der Waals surface area contributed by atoms with Crippen LogP contribution in [-0.4, -0.2) is 30.6 Å². The third-order valence-corrected chi connectivity index (χ3v) is 2.89. The van der Waals surface area contributed by atoms with E-state index in [2.05, 4.69) is 15.3 Å². The van der Waals surface area contributed by atoms with E-state index < -0.39 is 0 Å². The van der Waals surface area contributed by atoms with Gasteiger partial charge in [-0.3, -0.25) is 0 Å². The van der Waals surface area contributed by atoms with Gasteiger partial charge in [-0.15, -0.1) is 35.3 Å². The van der Waals surface area contributed by atoms with Gasteiger partial charge in [0.05, 0.1) is 12.2 Å². The topological polar surface area (TPSA) is 66.5 Å². The summed E-state index contributed by atoms with van der Waals surface area (Å²) < 4.78 is 0. The van der Waals surface area contributed by atoms with Crippen molar-refractivity contribution < 1.29 is 0 Å². The van der Waals surface area contributed by atoms with Crippen LogP contribution in [0.5, 0.6) is 0 Å². The molecule has 0 saturated heterocycles. The molecule has 1 aromatic heterocycles. The average molecular weight is 383 g/mol. The molecule has 1 heterocycles. The molecule has 0 atom stereocenters. The highest BCUT2D eigenvalue weighted by atomic mass is 127. The zero-order chi connectivity index (χ0) is 13.1. The van der Waals surface area contributed by atoms with E-state index in [9.17, 15) is 0 Å². The molecule has 0 radical (unpaired) electrons. The predicted molar refractivity (Wildman–Crippen MR) is 90.1 cm³/mol. The van der Waals surface area contributed by atoms with E-state index in [1.165, 1.54) is 0 Å². The van der Waals surface area contributed by atoms with Gasteiger partial charge in [0.1, 0.15) is 0 Å². The van der Waals surface area contributed by atoms with Crippen LogP contribution in [0.15, 0.2) is 10.4 Å². The van der Waals surface area contributed by atoms with Crippen LogP contribution in [0.2, 0.25) is 0 Å². The van der Waals surface area contributed by atoms with Gasteiger partial charge in [-0.25, -0.2) is 9.98 Å². The highest BCUT2D eigenvalue weighted by Crippen LogP contribution is 2.18. The summed E-state index contributed by atoms with van der Waals surface area (Å²) >= 11 is 1.61. The summed E-state index contributed by atoms with van der Waals surface area (Å²) in [6.07, 6.45) is 0. The molecule has 0 amide bonds. The molecule has 0 unspecified atom stereocenters. The molecular formula is C11H22IN5S. The number of hydrogen-bond donors (Lipinski definition) is 2. The number of aromatic nitrogens is 1. The van der Waals surface area contributed by atoms with Gasteiger partial charge >= 0.3 is 0 Å². The summed E-state index contributed by atoms with van der Waals surface area (Å²) in [5.41, 5.74) is 6.66. The Labute approximate surface area is 130 Å². The van der Waals surface area contributed by atoms with Crippen LogP contribution in [0, 0.1) is 0 Å². The monoisotopic (exact) mass is 383 g/mol. The number of thiazole rings is 1. The number of halogens is 1. The van der Waals surface area contributed by atoms with E-state index in [4.69, 9.17) is 5.73 Å². The van der Waals surface area contributed by atoms with E-state index in [-0.39, 0.29) is 29.5 Å². The van der Waals surface area contributed by atoms with Crippen LogP contribution in [-0.2, 0) is 6.54 Å². The first-order valence-electron chi connectivity index (χ1n) is 5.48. The quantitative estimate of drug-likeness (QED) is 0.476. The van der Waals surface area contributed by atoms with Crippen LogP contribution in [0.4, 0.5) is 5.13 Å². The molecular weight excluding hydrogens is 361 g/mol. The van der Waals surface area contributed by atoms with Gasteiger partial charge in [0.2, 0.25) is 0 Å². The average Bonchev–Trinajstić information content (AvgIpc) is 2.60. The molecule has 1 rings (SSSR count). The van der Waals surface area contributed by atoms with Crippen molar-refractivity contribution in [2.75, 3.05) is 19.0 Å². The van der Waals surface area contributed by atoms with Gasteiger partial charge in [-0.05, 0) is 20.8 Å². The standard InChI is InChI=1S/C11H21N5S.HI/c1-11(2,3)15-9(12)13-6-8-7-17-10(14-8)16(4)5;/h7H,6H2,1-5H3,(H3,12,13,15);1H. The number of aliphatic imine (C=N–C) groups is 1. The Hall–Kier alpha value is -0.570. The normalized spacial score (nSPS) is 11.9. The molecule has 5 nitrogen and oxygen atoms in total. The van der Waals surface area contributed by atoms with Crippen molar-refractivity contribution >= 4 is 46.4 Å². The molecule has 0 saturated carbocycles. The second kappa shape index (κ2) is 7.13. The van der Waals surface area contributed by atoms with Crippen molar-refractivity contribution in [2.45, 2.75) is 32.9 Å². The molecule has 0 aliphatic carbocycles. The second-order valence-electron chi connectivity index (χ2n) is 5.09. The van der Waals surface area contributed by atoms with E-state index in [0.29, 0.717) is 12.5 Å². The third kappa shape index (κ3) is 6.39. The summed E-state index contributed by atoms with van der Waals surface area (Å²) in [4.78, 5) is 10.7. The fourth-order valence-electron chi connectivity index (χ4n) is 1.16. The Bertz CT molecular complexity index is 394. The molecule has 0 fully saturated rings. The van der Waals surface area contributed by atoms with Crippen molar-refractivity contribution in [3.63, 3.8) is 0 Å². The Morgan fingerprint density at radius 2 is 2.11 bits per heavy atom. The molecule has 1 aromatic rings. The van der Waals surface area contributed by atoms with Crippen LogP contribution in [0.1, 0.15) is 26.5 Å². The van der Waals surface area contributed by atoms with Crippen molar-refractivity contribution in [3.8, 4) is 0 Å². The molecule has 18 heavy (non-hydrogen) atoms. The fraction of sp³-hybridized carbons (Fsp3) is 0.636. The maximum atomic E-state index is 5.78. The van der Waals surface area contributed by atoms with Crippen LogP contribution in [0.25, 0.3) is 0 Å². The molecule has 0 spiro atoms. The molecule has 0 aliphatic rings. The van der Waals surface area contributed by atoms with Crippen molar-refractivity contribution in [3.05, 3.63) is 11.1 Å². The van der Waals surface area contributed by atoms with Crippen molar-refractivity contribution in [1.82, 2.24) is 10.3 Å². The predicted octanol–water partition coefficient (Wildman–Crippen LogP) is 2.03. The maximum Gasteiger partial charge on any atom is 0.189 e. The lowest BCUT2D eigenvalue weighted by Gasteiger charge is -2.20. The Kier molecular flexibility index (Phi) is 6.90. The minimum absolute atomic E-state index is 0. The summed E-state index contributed by atoms with van der Waals surface area (Å²) in [7, 11) is 3.95. The Morgan fingerprint density at radius 3 is 2.56 bits per heavy atom. The van der Waals surface area contributed by atoms with Crippen molar-refractivity contribution in [2.24, 2.45) is 10.7 Å². The number of nitrogens with one attached hydrogen (secondary N) is 1. The van der Waals surface area contributed by atoms with E-state index >= 15 is 0 Å². The van der Waals surface area contributed by atoms with Gasteiger partial charge in [0.15, 0.2) is 11.1 Å². The molecule has 3 N–H and O–H groups in total. The maximum absolute atomic E-state index is 5.78. The van der Waals surface area contributed by atoms with E-state index in [0.717, 1.165) is 10.8 Å². The SMILES string of the molecule is CN(C)c1nc(CN=C(N)NC(C)(C)C)cs1.I. The zero-order valence-electron chi connectivity index (χ0n) is 11.5. The Morgan fingerprint density at radius 1 is 1.50 bits per heavy atom. The van der Waals surface area contributed by atoms with E-state index in [1.807, 2.05) is 45.1 Å². The highest BCUT2D eigenvalue weighted by molar-refractivity contribution is 14.0. The summed E-state index contributed by atoms with van der Waals surface area (Å²) in [6, 6.07) is 0. The Balaban J connectivity index is 0.00000289. The highest BCUT2D eigenvalue weighted by Gasteiger charge is 2.10. The third-order valence-electron chi connectivity index (χ3n) is 1.84. The second-order valence-corrected chi connectivity index (χ2v) is 5.93. The van der Waals surface area contributed by atoms with Crippen LogP contribution >= 0.6 is 35.3 Å². The van der Waals surface area contributed by atoms with Gasteiger partial charge in [-0.1, -0.05) is 0 Å². The largest absolute Gasteiger partial charge is 0.370 e. The lowest BCUT2D eigenvalue weighted by molar-refractivity contribution is 0.508. The number of anilines is 1. The van der Waals surface area contributed by atoms with Crippen molar-refractivity contribution in [1.29, 1.82) is 0 Å². The molecule has 7 heteroatoms. The summed E-state index contributed by atoms with van der Waals surface area (Å²) in [5, 5.41) is 6.10. The number of rotatable bonds is 3. The smallest absolute Gasteiger partial charge is 0.189 e. The van der Waals surface area contributed by atoms with Crippen LogP contribution < -0.4 is 16.0 Å². The first kappa shape index (κ1) is 17.4. The zero-order valence-corrected chi connectivity index (χ0v) is 14.7. The van der Waals surface area contributed by atoms with Gasteiger partial charge in [0, 0.05) is 25.0 Å². The number of guanidine groups is 1. The first-order chi connectivity index (χ1) is 7.78. The number of hydrogen-bond acceptors (Lipinski definition) is 4. The molecule has 0 aliphatic heterocycles. The molecule has 0 bridgehead atoms.